The predicted octanol–water partition coefficient (Wildman–Crippen LogP) is 6.13. The molecule has 0 amide bonds. The maximum atomic E-state index is 12.5. The van der Waals surface area contributed by atoms with E-state index in [4.69, 9.17) is 27.4 Å². The molecule has 146 valence electrons. The number of aryl methyl sites for hydroxylation is 1. The van der Waals surface area contributed by atoms with Crippen LogP contribution in [0.25, 0.3) is 11.6 Å². The van der Waals surface area contributed by atoms with Gasteiger partial charge in [-0.25, -0.2) is 0 Å². The first-order valence-electron chi connectivity index (χ1n) is 8.47. The molecule has 0 bridgehead atoms. The van der Waals surface area contributed by atoms with Gasteiger partial charge in [0.1, 0.15) is 10.6 Å². The molecule has 0 aromatic heterocycles. The molecule has 4 nitrogen and oxygen atoms in total. The lowest BCUT2D eigenvalue weighted by atomic mass is 10.0. The van der Waals surface area contributed by atoms with Gasteiger partial charge in [-0.2, -0.15) is 13.7 Å². The monoisotopic (exact) mass is 443 g/mol. The summed E-state index contributed by atoms with van der Waals surface area (Å²) in [7, 11) is -3.97. The summed E-state index contributed by atoms with van der Waals surface area (Å²) in [5.74, 6) is 0.138. The molecule has 3 aromatic rings. The first kappa shape index (κ1) is 20.9. The van der Waals surface area contributed by atoms with Crippen LogP contribution in [0.4, 0.5) is 0 Å². The molecule has 7 heteroatoms. The Labute approximate surface area is 179 Å². The Balaban J connectivity index is 1.91. The van der Waals surface area contributed by atoms with Gasteiger partial charge >= 0.3 is 10.1 Å². The summed E-state index contributed by atoms with van der Waals surface area (Å²) in [5, 5.41) is 10.3. The Kier molecular flexibility index (Phi) is 6.29. The van der Waals surface area contributed by atoms with Gasteiger partial charge in [-0.15, -0.1) is 0 Å². The molecular formula is C22H15Cl2NO3S. The minimum absolute atomic E-state index is 0.0645. The molecule has 3 aromatic carbocycles. The van der Waals surface area contributed by atoms with Gasteiger partial charge in [-0.1, -0.05) is 59.1 Å². The van der Waals surface area contributed by atoms with Crippen LogP contribution in [0.15, 0.2) is 71.6 Å². The van der Waals surface area contributed by atoms with Crippen molar-refractivity contribution in [1.29, 1.82) is 5.26 Å². The summed E-state index contributed by atoms with van der Waals surface area (Å²) in [6.45, 7) is 1.87. The second-order valence-electron chi connectivity index (χ2n) is 6.22. The highest BCUT2D eigenvalue weighted by Crippen LogP contribution is 2.29. The normalized spacial score (nSPS) is 11.7. The van der Waals surface area contributed by atoms with E-state index in [2.05, 4.69) is 6.07 Å². The molecule has 0 aliphatic carbocycles. The van der Waals surface area contributed by atoms with E-state index >= 15 is 0 Å². The van der Waals surface area contributed by atoms with Crippen LogP contribution in [-0.4, -0.2) is 8.42 Å². The molecule has 0 aliphatic rings. The summed E-state index contributed by atoms with van der Waals surface area (Å²) >= 11 is 12.1. The van der Waals surface area contributed by atoms with Crippen molar-refractivity contribution in [2.45, 2.75) is 11.8 Å². The fourth-order valence-electron chi connectivity index (χ4n) is 2.58. The van der Waals surface area contributed by atoms with E-state index in [0.29, 0.717) is 26.7 Å². The lowest BCUT2D eigenvalue weighted by Gasteiger charge is -2.08. The zero-order chi connectivity index (χ0) is 21.0. The Hall–Kier alpha value is -2.78. The Morgan fingerprint density at radius 2 is 1.76 bits per heavy atom. The van der Waals surface area contributed by atoms with Crippen molar-refractivity contribution in [3.63, 3.8) is 0 Å². The van der Waals surface area contributed by atoms with E-state index in [1.807, 2.05) is 6.92 Å². The summed E-state index contributed by atoms with van der Waals surface area (Å²) in [5.41, 5.74) is 2.37. The third kappa shape index (κ3) is 5.18. The zero-order valence-corrected chi connectivity index (χ0v) is 17.6. The standard InChI is InChI=1S/C22H15Cl2NO3S/c1-15-5-8-20(9-6-15)29(26,27)28-19-4-2-3-16(12-19)11-17(14-25)21-10-7-18(23)13-22(21)24/h2-13H,1H3/b17-11+. The molecule has 0 radical (unpaired) electrons. The van der Waals surface area contributed by atoms with Crippen LogP contribution in [0.3, 0.4) is 0 Å². The molecule has 0 saturated carbocycles. The van der Waals surface area contributed by atoms with E-state index < -0.39 is 10.1 Å². The SMILES string of the molecule is Cc1ccc(S(=O)(=O)Oc2cccc(/C=C(\C#N)c3ccc(Cl)cc3Cl)c2)cc1. The van der Waals surface area contributed by atoms with Crippen molar-refractivity contribution in [3.05, 3.63) is 93.5 Å². The van der Waals surface area contributed by atoms with E-state index in [9.17, 15) is 13.7 Å². The number of rotatable bonds is 5. The molecule has 0 atom stereocenters. The number of halogens is 2. The zero-order valence-electron chi connectivity index (χ0n) is 15.3. The molecule has 0 unspecified atom stereocenters. The lowest BCUT2D eigenvalue weighted by molar-refractivity contribution is 0.486. The Morgan fingerprint density at radius 3 is 2.41 bits per heavy atom. The van der Waals surface area contributed by atoms with Crippen LogP contribution in [0.5, 0.6) is 5.75 Å². The van der Waals surface area contributed by atoms with Gasteiger partial charge in [0, 0.05) is 10.6 Å². The molecule has 0 aliphatic heterocycles. The number of hydrogen-bond acceptors (Lipinski definition) is 4. The van der Waals surface area contributed by atoms with Gasteiger partial charge in [0.05, 0.1) is 16.7 Å². The van der Waals surface area contributed by atoms with E-state index in [1.54, 1.807) is 48.5 Å². The van der Waals surface area contributed by atoms with Crippen LogP contribution >= 0.6 is 23.2 Å². The van der Waals surface area contributed by atoms with Crippen LogP contribution in [-0.2, 0) is 10.1 Å². The number of nitrogens with zero attached hydrogens (tertiary/aromatic N) is 1. The van der Waals surface area contributed by atoms with Crippen LogP contribution in [0.1, 0.15) is 16.7 Å². The minimum Gasteiger partial charge on any atom is -0.379 e. The molecule has 3 rings (SSSR count). The number of hydrogen-bond donors (Lipinski definition) is 0. The topological polar surface area (TPSA) is 67.2 Å². The highest BCUT2D eigenvalue weighted by atomic mass is 35.5. The summed E-state index contributed by atoms with van der Waals surface area (Å²) < 4.78 is 30.2. The molecule has 29 heavy (non-hydrogen) atoms. The van der Waals surface area contributed by atoms with Gasteiger partial charge in [0.25, 0.3) is 0 Å². The maximum absolute atomic E-state index is 12.5. The highest BCUT2D eigenvalue weighted by Gasteiger charge is 2.16. The molecule has 0 fully saturated rings. The fourth-order valence-corrected chi connectivity index (χ4v) is 4.01. The van der Waals surface area contributed by atoms with Gasteiger partial charge < -0.3 is 4.18 Å². The summed E-state index contributed by atoms with van der Waals surface area (Å²) in [6, 6.07) is 19.8. The molecule has 0 saturated heterocycles. The first-order chi connectivity index (χ1) is 13.8. The second kappa shape index (κ2) is 8.71. The average Bonchev–Trinajstić information content (AvgIpc) is 2.67. The second-order valence-corrected chi connectivity index (χ2v) is 8.61. The van der Waals surface area contributed by atoms with Crippen LogP contribution in [0, 0.1) is 18.3 Å². The van der Waals surface area contributed by atoms with Crippen molar-refractivity contribution >= 4 is 45.0 Å². The van der Waals surface area contributed by atoms with Gasteiger partial charge in [-0.3, -0.25) is 0 Å². The minimum atomic E-state index is -3.97. The van der Waals surface area contributed by atoms with E-state index in [-0.39, 0.29) is 10.6 Å². The van der Waals surface area contributed by atoms with Crippen molar-refractivity contribution in [3.8, 4) is 11.8 Å². The van der Waals surface area contributed by atoms with Crippen LogP contribution < -0.4 is 4.18 Å². The third-order valence-corrected chi connectivity index (χ3v) is 5.84. The summed E-state index contributed by atoms with van der Waals surface area (Å²) in [4.78, 5) is 0.0645. The third-order valence-electron chi connectivity index (χ3n) is 4.03. The van der Waals surface area contributed by atoms with Gasteiger partial charge in [-0.05, 0) is 55.0 Å². The largest absolute Gasteiger partial charge is 0.379 e. The number of allylic oxidation sites excluding steroid dienone is 1. The molecule has 0 spiro atoms. The average molecular weight is 444 g/mol. The maximum Gasteiger partial charge on any atom is 0.339 e. The van der Waals surface area contributed by atoms with Gasteiger partial charge in [0.15, 0.2) is 0 Å². The number of benzene rings is 3. The fraction of sp³-hybridized carbons (Fsp3) is 0.0455. The Morgan fingerprint density at radius 1 is 1.03 bits per heavy atom. The lowest BCUT2D eigenvalue weighted by Crippen LogP contribution is -2.09. The van der Waals surface area contributed by atoms with Crippen LogP contribution in [0.2, 0.25) is 10.0 Å². The van der Waals surface area contributed by atoms with Crippen molar-refractivity contribution in [1.82, 2.24) is 0 Å². The quantitative estimate of drug-likeness (QED) is 0.270. The van der Waals surface area contributed by atoms with Crippen molar-refractivity contribution in [2.75, 3.05) is 0 Å². The predicted molar refractivity (Wildman–Crippen MR) is 115 cm³/mol. The summed E-state index contributed by atoms with van der Waals surface area (Å²) in [6.07, 6.45) is 1.60. The van der Waals surface area contributed by atoms with Crippen molar-refractivity contribution < 1.29 is 12.6 Å². The smallest absolute Gasteiger partial charge is 0.339 e. The van der Waals surface area contributed by atoms with E-state index in [0.717, 1.165) is 5.56 Å². The highest BCUT2D eigenvalue weighted by molar-refractivity contribution is 7.87. The van der Waals surface area contributed by atoms with Crippen molar-refractivity contribution in [2.24, 2.45) is 0 Å². The van der Waals surface area contributed by atoms with E-state index in [1.165, 1.54) is 24.3 Å². The van der Waals surface area contributed by atoms with Gasteiger partial charge in [0.2, 0.25) is 0 Å². The molecule has 0 N–H and O–H groups in total. The number of nitriles is 1. The first-order valence-corrected chi connectivity index (χ1v) is 10.6. The molecular weight excluding hydrogens is 429 g/mol. The molecule has 0 heterocycles. The Bertz CT molecular complexity index is 1230.